The molecule has 1 aromatic heterocycles. The van der Waals surface area contributed by atoms with E-state index in [1.54, 1.807) is 6.26 Å². The maximum atomic E-state index is 5.48. The minimum Gasteiger partial charge on any atom is -0.467 e. The summed E-state index contributed by atoms with van der Waals surface area (Å²) in [6.07, 6.45) is 1.72. The SMILES string of the molecule is CCNC(c1cccc(C)c1)c1ccco1. The van der Waals surface area contributed by atoms with E-state index in [2.05, 4.69) is 43.4 Å². The van der Waals surface area contributed by atoms with Crippen molar-refractivity contribution in [3.63, 3.8) is 0 Å². The third kappa shape index (κ3) is 2.34. The van der Waals surface area contributed by atoms with Gasteiger partial charge in [-0.05, 0) is 31.2 Å². The van der Waals surface area contributed by atoms with Crippen molar-refractivity contribution < 1.29 is 4.42 Å². The number of nitrogens with one attached hydrogen (secondary N) is 1. The van der Waals surface area contributed by atoms with Gasteiger partial charge in [0.1, 0.15) is 5.76 Å². The summed E-state index contributed by atoms with van der Waals surface area (Å²) in [6.45, 7) is 5.12. The van der Waals surface area contributed by atoms with E-state index in [1.807, 2.05) is 12.1 Å². The molecule has 0 aliphatic rings. The van der Waals surface area contributed by atoms with Crippen molar-refractivity contribution in [1.82, 2.24) is 5.32 Å². The van der Waals surface area contributed by atoms with E-state index in [0.29, 0.717) is 0 Å². The summed E-state index contributed by atoms with van der Waals surface area (Å²) >= 11 is 0. The van der Waals surface area contributed by atoms with Crippen LogP contribution >= 0.6 is 0 Å². The topological polar surface area (TPSA) is 25.2 Å². The fourth-order valence-electron chi connectivity index (χ4n) is 1.89. The second kappa shape index (κ2) is 4.99. The Bertz CT molecular complexity index is 434. The lowest BCUT2D eigenvalue weighted by Gasteiger charge is -2.16. The average molecular weight is 215 g/mol. The van der Waals surface area contributed by atoms with E-state index in [4.69, 9.17) is 4.42 Å². The lowest BCUT2D eigenvalue weighted by atomic mass is 10.0. The van der Waals surface area contributed by atoms with Gasteiger partial charge in [0.2, 0.25) is 0 Å². The fraction of sp³-hybridized carbons (Fsp3) is 0.286. The summed E-state index contributed by atoms with van der Waals surface area (Å²) in [5, 5.41) is 3.43. The van der Waals surface area contributed by atoms with Gasteiger partial charge in [0, 0.05) is 0 Å². The summed E-state index contributed by atoms with van der Waals surface area (Å²) < 4.78 is 5.48. The highest BCUT2D eigenvalue weighted by atomic mass is 16.3. The van der Waals surface area contributed by atoms with Crippen molar-refractivity contribution in [3.05, 3.63) is 59.5 Å². The Kier molecular flexibility index (Phi) is 3.42. The summed E-state index contributed by atoms with van der Waals surface area (Å²) in [5.41, 5.74) is 2.52. The second-order valence-corrected chi connectivity index (χ2v) is 3.92. The molecule has 0 spiro atoms. The summed E-state index contributed by atoms with van der Waals surface area (Å²) in [4.78, 5) is 0. The number of aryl methyl sites for hydroxylation is 1. The van der Waals surface area contributed by atoms with E-state index in [1.165, 1.54) is 11.1 Å². The van der Waals surface area contributed by atoms with Crippen LogP contribution in [0.3, 0.4) is 0 Å². The zero-order valence-corrected chi connectivity index (χ0v) is 9.73. The second-order valence-electron chi connectivity index (χ2n) is 3.92. The zero-order chi connectivity index (χ0) is 11.4. The normalized spacial score (nSPS) is 12.6. The molecular formula is C14H17NO. The Morgan fingerprint density at radius 2 is 2.12 bits per heavy atom. The first-order valence-corrected chi connectivity index (χ1v) is 5.64. The van der Waals surface area contributed by atoms with Gasteiger partial charge in [-0.1, -0.05) is 36.8 Å². The van der Waals surface area contributed by atoms with Crippen LogP contribution < -0.4 is 5.32 Å². The number of hydrogen-bond acceptors (Lipinski definition) is 2. The molecule has 0 saturated carbocycles. The molecule has 0 saturated heterocycles. The Balaban J connectivity index is 2.33. The molecule has 16 heavy (non-hydrogen) atoms. The summed E-state index contributed by atoms with van der Waals surface area (Å²) in [5.74, 6) is 0.965. The monoisotopic (exact) mass is 215 g/mol. The van der Waals surface area contributed by atoms with Crippen LogP contribution in [-0.4, -0.2) is 6.54 Å². The molecule has 84 valence electrons. The summed E-state index contributed by atoms with van der Waals surface area (Å²) in [7, 11) is 0. The van der Waals surface area contributed by atoms with Crippen LogP contribution in [-0.2, 0) is 0 Å². The van der Waals surface area contributed by atoms with Crippen molar-refractivity contribution in [2.24, 2.45) is 0 Å². The van der Waals surface area contributed by atoms with Crippen molar-refractivity contribution in [2.45, 2.75) is 19.9 Å². The zero-order valence-electron chi connectivity index (χ0n) is 9.73. The van der Waals surface area contributed by atoms with Crippen LogP contribution in [0.5, 0.6) is 0 Å². The fourth-order valence-corrected chi connectivity index (χ4v) is 1.89. The molecule has 0 aliphatic carbocycles. The molecule has 2 heteroatoms. The van der Waals surface area contributed by atoms with Crippen LogP contribution in [0, 0.1) is 6.92 Å². The highest BCUT2D eigenvalue weighted by molar-refractivity contribution is 5.30. The standard InChI is InChI=1S/C14H17NO/c1-3-15-14(13-8-5-9-16-13)12-7-4-6-11(2)10-12/h4-10,14-15H,3H2,1-2H3. The summed E-state index contributed by atoms with van der Waals surface area (Å²) in [6, 6.07) is 12.6. The van der Waals surface area contributed by atoms with Gasteiger partial charge in [-0.3, -0.25) is 0 Å². The van der Waals surface area contributed by atoms with E-state index >= 15 is 0 Å². The average Bonchev–Trinajstić information content (AvgIpc) is 2.79. The number of rotatable bonds is 4. The minimum atomic E-state index is 0.153. The van der Waals surface area contributed by atoms with Gasteiger partial charge in [0.25, 0.3) is 0 Å². The minimum absolute atomic E-state index is 0.153. The highest BCUT2D eigenvalue weighted by Crippen LogP contribution is 2.22. The number of furan rings is 1. The molecule has 1 aromatic carbocycles. The van der Waals surface area contributed by atoms with Gasteiger partial charge in [-0.25, -0.2) is 0 Å². The third-order valence-corrected chi connectivity index (χ3v) is 2.61. The Hall–Kier alpha value is -1.54. The lowest BCUT2D eigenvalue weighted by Crippen LogP contribution is -2.21. The van der Waals surface area contributed by atoms with Gasteiger partial charge in [-0.15, -0.1) is 0 Å². The quantitative estimate of drug-likeness (QED) is 0.846. The van der Waals surface area contributed by atoms with Gasteiger partial charge >= 0.3 is 0 Å². The Morgan fingerprint density at radius 1 is 1.25 bits per heavy atom. The molecule has 1 atom stereocenters. The van der Waals surface area contributed by atoms with Crippen LogP contribution in [0.4, 0.5) is 0 Å². The van der Waals surface area contributed by atoms with Gasteiger partial charge < -0.3 is 9.73 Å². The van der Waals surface area contributed by atoms with Crippen LogP contribution in [0.1, 0.15) is 29.9 Å². The molecule has 2 aromatic rings. The van der Waals surface area contributed by atoms with Crippen LogP contribution in [0.15, 0.2) is 47.1 Å². The maximum absolute atomic E-state index is 5.48. The molecular weight excluding hydrogens is 198 g/mol. The molecule has 0 fully saturated rings. The van der Waals surface area contributed by atoms with Crippen molar-refractivity contribution in [3.8, 4) is 0 Å². The van der Waals surface area contributed by atoms with Crippen molar-refractivity contribution >= 4 is 0 Å². The van der Waals surface area contributed by atoms with E-state index < -0.39 is 0 Å². The first-order valence-electron chi connectivity index (χ1n) is 5.64. The highest BCUT2D eigenvalue weighted by Gasteiger charge is 2.15. The number of hydrogen-bond donors (Lipinski definition) is 1. The third-order valence-electron chi connectivity index (χ3n) is 2.61. The molecule has 1 unspecified atom stereocenters. The largest absolute Gasteiger partial charge is 0.467 e. The Labute approximate surface area is 96.3 Å². The predicted molar refractivity (Wildman–Crippen MR) is 65.4 cm³/mol. The molecule has 1 N–H and O–H groups in total. The van der Waals surface area contributed by atoms with E-state index in [-0.39, 0.29) is 6.04 Å². The number of benzene rings is 1. The molecule has 2 rings (SSSR count). The smallest absolute Gasteiger partial charge is 0.125 e. The molecule has 0 radical (unpaired) electrons. The van der Waals surface area contributed by atoms with Crippen molar-refractivity contribution in [1.29, 1.82) is 0 Å². The van der Waals surface area contributed by atoms with Crippen LogP contribution in [0.2, 0.25) is 0 Å². The van der Waals surface area contributed by atoms with Gasteiger partial charge in [0.15, 0.2) is 0 Å². The van der Waals surface area contributed by atoms with Crippen molar-refractivity contribution in [2.75, 3.05) is 6.54 Å². The molecule has 0 bridgehead atoms. The van der Waals surface area contributed by atoms with E-state index in [0.717, 1.165) is 12.3 Å². The Morgan fingerprint density at radius 3 is 2.75 bits per heavy atom. The molecule has 0 amide bonds. The molecule has 2 nitrogen and oxygen atoms in total. The molecule has 1 heterocycles. The van der Waals surface area contributed by atoms with E-state index in [9.17, 15) is 0 Å². The predicted octanol–water partition coefficient (Wildman–Crippen LogP) is 3.29. The maximum Gasteiger partial charge on any atom is 0.125 e. The lowest BCUT2D eigenvalue weighted by molar-refractivity contribution is 0.452. The van der Waals surface area contributed by atoms with Crippen LogP contribution in [0.25, 0.3) is 0 Å². The first kappa shape index (κ1) is 11.0. The van der Waals surface area contributed by atoms with Gasteiger partial charge in [-0.2, -0.15) is 0 Å². The molecule has 0 aliphatic heterocycles. The van der Waals surface area contributed by atoms with Gasteiger partial charge in [0.05, 0.1) is 12.3 Å². The first-order chi connectivity index (χ1) is 7.81.